The van der Waals surface area contributed by atoms with E-state index in [1.165, 1.54) is 23.0 Å². The van der Waals surface area contributed by atoms with E-state index in [4.69, 9.17) is 4.74 Å². The lowest BCUT2D eigenvalue weighted by atomic mass is 9.39. The van der Waals surface area contributed by atoms with E-state index in [1.54, 1.807) is 0 Å². The molecule has 22 heavy (non-hydrogen) atoms. The van der Waals surface area contributed by atoms with Crippen LogP contribution < -0.4 is 11.2 Å². The van der Waals surface area contributed by atoms with Crippen LogP contribution in [0.25, 0.3) is 10.2 Å². The summed E-state index contributed by atoms with van der Waals surface area (Å²) in [5, 5.41) is 0.549. The molecule has 6 nitrogen and oxygen atoms in total. The second-order valence-electron chi connectivity index (χ2n) is 6.30. The Bertz CT molecular complexity index is 934. The largest absolute Gasteiger partial charge is 0.469 e. The number of aromatic nitrogens is 2. The van der Waals surface area contributed by atoms with Gasteiger partial charge in [0.25, 0.3) is 5.56 Å². The van der Waals surface area contributed by atoms with Crippen LogP contribution in [0.2, 0.25) is 0 Å². The minimum atomic E-state index is -0.520. The van der Waals surface area contributed by atoms with Crippen molar-refractivity contribution in [1.82, 2.24) is 9.55 Å². The normalized spacial score (nSPS) is 29.0. The average molecular weight is 385 g/mol. The first-order valence-electron chi connectivity index (χ1n) is 6.86. The molecule has 1 N–H and O–H groups in total. The first kappa shape index (κ1) is 14.2. The van der Waals surface area contributed by atoms with E-state index < -0.39 is 16.6 Å². The third kappa shape index (κ3) is 1.47. The zero-order valence-electron chi connectivity index (χ0n) is 12.0. The van der Waals surface area contributed by atoms with Crippen LogP contribution in [0.1, 0.15) is 24.8 Å². The maximum atomic E-state index is 12.8. The van der Waals surface area contributed by atoms with Crippen LogP contribution in [0.3, 0.4) is 0 Å². The number of esters is 1. The lowest BCUT2D eigenvalue weighted by Crippen LogP contribution is -2.74. The summed E-state index contributed by atoms with van der Waals surface area (Å²) in [6.07, 6.45) is 1.52. The van der Waals surface area contributed by atoms with E-state index in [0.717, 1.165) is 9.35 Å². The van der Waals surface area contributed by atoms with Crippen LogP contribution in [-0.4, -0.2) is 22.6 Å². The highest BCUT2D eigenvalue weighted by molar-refractivity contribution is 9.11. The zero-order valence-corrected chi connectivity index (χ0v) is 14.4. The summed E-state index contributed by atoms with van der Waals surface area (Å²) in [5.41, 5.74) is -0.835. The summed E-state index contributed by atoms with van der Waals surface area (Å²) >= 11 is 4.75. The van der Waals surface area contributed by atoms with Crippen molar-refractivity contribution >= 4 is 43.5 Å². The highest BCUT2D eigenvalue weighted by atomic mass is 79.9. The second-order valence-corrected chi connectivity index (χ2v) is 8.64. The van der Waals surface area contributed by atoms with Gasteiger partial charge in [0, 0.05) is 0 Å². The molecule has 2 heterocycles. The smallest absolute Gasteiger partial charge is 0.329 e. The molecule has 0 amide bonds. The Morgan fingerprint density at radius 1 is 1.36 bits per heavy atom. The number of hydrogen-bond acceptors (Lipinski definition) is 5. The van der Waals surface area contributed by atoms with Gasteiger partial charge in [0.1, 0.15) is 4.83 Å². The molecule has 0 saturated heterocycles. The number of hydrogen-bond donors (Lipinski definition) is 1. The van der Waals surface area contributed by atoms with Gasteiger partial charge in [0.2, 0.25) is 0 Å². The van der Waals surface area contributed by atoms with Gasteiger partial charge in [-0.25, -0.2) is 4.79 Å². The van der Waals surface area contributed by atoms with Gasteiger partial charge in [-0.2, -0.15) is 0 Å². The van der Waals surface area contributed by atoms with E-state index in [9.17, 15) is 14.4 Å². The maximum Gasteiger partial charge on any atom is 0.329 e. The number of halogens is 1. The first-order chi connectivity index (χ1) is 10.3. The molecule has 116 valence electrons. The van der Waals surface area contributed by atoms with Crippen molar-refractivity contribution in [3.8, 4) is 0 Å². The molecular formula is C14H13BrN2O4S. The molecule has 3 aliphatic carbocycles. The van der Waals surface area contributed by atoms with Crippen LogP contribution in [-0.2, 0) is 15.1 Å². The molecule has 2 aromatic rings. The van der Waals surface area contributed by atoms with Crippen molar-refractivity contribution in [3.05, 3.63) is 30.2 Å². The lowest BCUT2D eigenvalue weighted by Gasteiger charge is -2.68. The number of aryl methyl sites for hydroxylation is 1. The van der Waals surface area contributed by atoms with Crippen LogP contribution in [0.15, 0.2) is 13.4 Å². The van der Waals surface area contributed by atoms with E-state index in [1.807, 2.05) is 6.92 Å². The summed E-state index contributed by atoms with van der Waals surface area (Å²) < 4.78 is 6.97. The molecule has 3 fully saturated rings. The van der Waals surface area contributed by atoms with Crippen LogP contribution >= 0.6 is 27.3 Å². The van der Waals surface area contributed by atoms with E-state index in [-0.39, 0.29) is 11.5 Å². The monoisotopic (exact) mass is 384 g/mol. The molecule has 0 atom stereocenters. The Morgan fingerprint density at radius 3 is 2.59 bits per heavy atom. The van der Waals surface area contributed by atoms with Gasteiger partial charge >= 0.3 is 11.7 Å². The Morgan fingerprint density at radius 2 is 2.00 bits per heavy atom. The summed E-state index contributed by atoms with van der Waals surface area (Å²) in [5.74, 6) is -0.241. The molecule has 2 aromatic heterocycles. The van der Waals surface area contributed by atoms with Gasteiger partial charge in [-0.05, 0) is 47.7 Å². The molecule has 2 bridgehead atoms. The number of nitrogens with one attached hydrogen (secondary N) is 1. The standard InChI is InChI=1S/C14H13BrN2O4S/c1-6-7-9(22-8(6)15)16-12(20)17(10(7)18)14-3-13(4-14,5-14)11(19)21-2/h3-5H2,1-2H3,(H,16,20). The summed E-state index contributed by atoms with van der Waals surface area (Å²) in [7, 11) is 1.37. The van der Waals surface area contributed by atoms with Gasteiger partial charge in [0.05, 0.1) is 27.2 Å². The first-order valence-corrected chi connectivity index (χ1v) is 8.47. The topological polar surface area (TPSA) is 81.2 Å². The SMILES string of the molecule is COC(=O)C12CC(n3c(=O)[nH]c4sc(Br)c(C)c4c3=O)(C1)C2. The predicted molar refractivity (Wildman–Crippen MR) is 85.4 cm³/mol. The Kier molecular flexibility index (Phi) is 2.65. The molecule has 0 unspecified atom stereocenters. The summed E-state index contributed by atoms with van der Waals surface area (Å²) in [4.78, 5) is 40.3. The maximum absolute atomic E-state index is 12.8. The van der Waals surface area contributed by atoms with Crippen LogP contribution in [0, 0.1) is 12.3 Å². The van der Waals surface area contributed by atoms with Crippen molar-refractivity contribution < 1.29 is 9.53 Å². The number of carbonyl (C=O) groups excluding carboxylic acids is 1. The number of H-pyrrole nitrogens is 1. The van der Waals surface area contributed by atoms with Crippen molar-refractivity contribution in [3.63, 3.8) is 0 Å². The third-order valence-corrected chi connectivity index (χ3v) is 7.10. The predicted octanol–water partition coefficient (Wildman–Crippen LogP) is 1.87. The Labute approximate surface area is 137 Å². The van der Waals surface area contributed by atoms with Gasteiger partial charge in [0.15, 0.2) is 0 Å². The van der Waals surface area contributed by atoms with Crippen molar-refractivity contribution in [1.29, 1.82) is 0 Å². The van der Waals surface area contributed by atoms with Crippen molar-refractivity contribution in [2.75, 3.05) is 7.11 Å². The number of aromatic amines is 1. The Balaban J connectivity index is 1.86. The van der Waals surface area contributed by atoms with E-state index >= 15 is 0 Å². The van der Waals surface area contributed by atoms with Crippen molar-refractivity contribution in [2.45, 2.75) is 31.7 Å². The van der Waals surface area contributed by atoms with E-state index in [2.05, 4.69) is 20.9 Å². The molecule has 3 aliphatic rings. The number of methoxy groups -OCH3 is 1. The summed E-state index contributed by atoms with van der Waals surface area (Å²) in [6.45, 7) is 1.85. The lowest BCUT2D eigenvalue weighted by molar-refractivity contribution is -0.218. The third-order valence-electron chi connectivity index (χ3n) is 5.02. The number of nitrogens with zero attached hydrogens (tertiary/aromatic N) is 1. The van der Waals surface area contributed by atoms with E-state index in [0.29, 0.717) is 29.5 Å². The second kappa shape index (κ2) is 4.11. The molecular weight excluding hydrogens is 372 g/mol. The molecule has 0 spiro atoms. The number of carbonyl (C=O) groups is 1. The minimum absolute atomic E-state index is 0.241. The number of thiophene rings is 1. The number of ether oxygens (including phenoxy) is 1. The fraction of sp³-hybridized carbons (Fsp3) is 0.500. The molecule has 0 aliphatic heterocycles. The average Bonchev–Trinajstić information content (AvgIpc) is 2.65. The Hall–Kier alpha value is -1.41. The van der Waals surface area contributed by atoms with Crippen LogP contribution in [0.5, 0.6) is 0 Å². The molecule has 8 heteroatoms. The molecule has 0 aromatic carbocycles. The molecule has 0 radical (unpaired) electrons. The fourth-order valence-corrected chi connectivity index (χ4v) is 5.62. The summed E-state index contributed by atoms with van der Waals surface area (Å²) in [6, 6.07) is 0. The quantitative estimate of drug-likeness (QED) is 0.801. The van der Waals surface area contributed by atoms with Gasteiger partial charge in [-0.1, -0.05) is 0 Å². The van der Waals surface area contributed by atoms with Crippen molar-refractivity contribution in [2.24, 2.45) is 5.41 Å². The molecule has 5 rings (SSSR count). The fourth-order valence-electron chi connectivity index (χ4n) is 4.02. The molecule has 3 saturated carbocycles. The zero-order chi connectivity index (χ0) is 15.9. The van der Waals surface area contributed by atoms with Gasteiger partial charge < -0.3 is 4.74 Å². The number of rotatable bonds is 2. The number of fused-ring (bicyclic) bond motifs is 1. The highest BCUT2D eigenvalue weighted by Crippen LogP contribution is 2.71. The minimum Gasteiger partial charge on any atom is -0.469 e. The van der Waals surface area contributed by atoms with Crippen LogP contribution in [0.4, 0.5) is 0 Å². The van der Waals surface area contributed by atoms with Gasteiger partial charge in [-0.15, -0.1) is 11.3 Å². The van der Waals surface area contributed by atoms with Gasteiger partial charge in [-0.3, -0.25) is 19.1 Å². The highest BCUT2D eigenvalue weighted by Gasteiger charge is 2.74.